The monoisotopic (exact) mass is 315 g/mol. The summed E-state index contributed by atoms with van der Waals surface area (Å²) in [7, 11) is -3.85. The van der Waals surface area contributed by atoms with Gasteiger partial charge >= 0.3 is 0 Å². The lowest BCUT2D eigenvalue weighted by molar-refractivity contribution is 0.281. The van der Waals surface area contributed by atoms with Gasteiger partial charge < -0.3 is 5.11 Å². The molecule has 0 heterocycles. The van der Waals surface area contributed by atoms with E-state index in [1.54, 1.807) is 0 Å². The fraction of sp³-hybridized carbons (Fsp3) is 0.600. The van der Waals surface area contributed by atoms with Gasteiger partial charge in [-0.2, -0.15) is 0 Å². The highest BCUT2D eigenvalue weighted by Gasteiger charge is 2.23. The van der Waals surface area contributed by atoms with Crippen LogP contribution in [0, 0.1) is 5.82 Å². The molecule has 0 spiro atoms. The Labute approximate surface area is 125 Å². The van der Waals surface area contributed by atoms with Gasteiger partial charge in [-0.05, 0) is 30.5 Å². The van der Waals surface area contributed by atoms with Gasteiger partial charge in [0.15, 0.2) is 0 Å². The maximum Gasteiger partial charge on any atom is 0.243 e. The predicted octanol–water partition coefficient (Wildman–Crippen LogP) is 2.71. The van der Waals surface area contributed by atoms with Crippen molar-refractivity contribution in [3.05, 3.63) is 29.6 Å². The maximum atomic E-state index is 13.9. The van der Waals surface area contributed by atoms with Gasteiger partial charge in [0, 0.05) is 6.04 Å². The van der Waals surface area contributed by atoms with Crippen LogP contribution in [0.2, 0.25) is 0 Å². The molecule has 0 aromatic heterocycles. The fourth-order valence-corrected chi connectivity index (χ4v) is 4.08. The second-order valence-electron chi connectivity index (χ2n) is 5.59. The van der Waals surface area contributed by atoms with Crippen LogP contribution in [0.1, 0.15) is 50.5 Å². The van der Waals surface area contributed by atoms with Crippen molar-refractivity contribution in [1.29, 1.82) is 0 Å². The normalized spacial score (nSPS) is 18.2. The number of nitrogens with one attached hydrogen (secondary N) is 1. The lowest BCUT2D eigenvalue weighted by atomic mass is 9.97. The molecule has 0 atom stereocenters. The number of aliphatic hydroxyl groups is 1. The van der Waals surface area contributed by atoms with Crippen molar-refractivity contribution in [1.82, 2.24) is 4.72 Å². The van der Waals surface area contributed by atoms with Crippen LogP contribution in [0.5, 0.6) is 0 Å². The first-order chi connectivity index (χ1) is 10.0. The third kappa shape index (κ3) is 4.49. The van der Waals surface area contributed by atoms with Crippen LogP contribution in [0.3, 0.4) is 0 Å². The molecule has 0 aliphatic heterocycles. The Kier molecular flexibility index (Phi) is 5.72. The molecule has 1 aromatic carbocycles. The summed E-state index contributed by atoms with van der Waals surface area (Å²) in [6.45, 7) is -0.312. The molecule has 1 saturated carbocycles. The minimum absolute atomic E-state index is 0.118. The van der Waals surface area contributed by atoms with Crippen LogP contribution in [0.15, 0.2) is 23.1 Å². The van der Waals surface area contributed by atoms with E-state index < -0.39 is 15.8 Å². The summed E-state index contributed by atoms with van der Waals surface area (Å²) in [6, 6.07) is 3.58. The second kappa shape index (κ2) is 7.33. The number of benzene rings is 1. The number of halogens is 1. The van der Waals surface area contributed by atoms with E-state index in [0.29, 0.717) is 5.56 Å². The van der Waals surface area contributed by atoms with E-state index in [2.05, 4.69) is 4.72 Å². The van der Waals surface area contributed by atoms with E-state index in [1.807, 2.05) is 0 Å². The lowest BCUT2D eigenvalue weighted by Gasteiger charge is -2.21. The van der Waals surface area contributed by atoms with Gasteiger partial charge in [-0.25, -0.2) is 17.5 Å². The molecule has 2 rings (SSSR count). The van der Waals surface area contributed by atoms with Gasteiger partial charge in [-0.1, -0.05) is 38.2 Å². The summed E-state index contributed by atoms with van der Waals surface area (Å²) in [5.41, 5.74) is 0.359. The molecule has 0 bridgehead atoms. The van der Waals surface area contributed by atoms with Gasteiger partial charge in [0.25, 0.3) is 0 Å². The molecule has 4 nitrogen and oxygen atoms in total. The van der Waals surface area contributed by atoms with Crippen LogP contribution in [-0.4, -0.2) is 19.6 Å². The van der Waals surface area contributed by atoms with Crippen molar-refractivity contribution in [2.75, 3.05) is 0 Å². The molecule has 2 N–H and O–H groups in total. The van der Waals surface area contributed by atoms with Gasteiger partial charge in [-0.3, -0.25) is 0 Å². The van der Waals surface area contributed by atoms with E-state index >= 15 is 0 Å². The highest BCUT2D eigenvalue weighted by atomic mass is 32.2. The first kappa shape index (κ1) is 16.4. The molecule has 1 aromatic rings. The van der Waals surface area contributed by atoms with E-state index in [0.717, 1.165) is 44.6 Å². The molecule has 0 unspecified atom stereocenters. The number of hydrogen-bond donors (Lipinski definition) is 2. The lowest BCUT2D eigenvalue weighted by Crippen LogP contribution is -2.35. The summed E-state index contributed by atoms with van der Waals surface area (Å²) in [6.07, 6.45) is 7.05. The average Bonchev–Trinajstić information content (AvgIpc) is 2.41. The smallest absolute Gasteiger partial charge is 0.243 e. The first-order valence-corrected chi connectivity index (χ1v) is 8.93. The number of sulfonamides is 1. The third-order valence-corrected chi connectivity index (χ3v) is 5.45. The molecule has 0 radical (unpaired) electrons. The van der Waals surface area contributed by atoms with E-state index in [4.69, 9.17) is 5.11 Å². The fourth-order valence-electron chi connectivity index (χ4n) is 2.72. The molecule has 118 valence electrons. The molecule has 1 aliphatic rings. The predicted molar refractivity (Wildman–Crippen MR) is 78.8 cm³/mol. The molecule has 0 amide bonds. The number of hydrogen-bond acceptors (Lipinski definition) is 3. The van der Waals surface area contributed by atoms with Crippen LogP contribution in [-0.2, 0) is 16.6 Å². The molecule has 1 aliphatic carbocycles. The van der Waals surface area contributed by atoms with E-state index in [1.165, 1.54) is 18.6 Å². The Morgan fingerprint density at radius 2 is 1.76 bits per heavy atom. The van der Waals surface area contributed by atoms with Gasteiger partial charge in [0.2, 0.25) is 10.0 Å². The minimum Gasteiger partial charge on any atom is -0.392 e. The Hall–Kier alpha value is -0.980. The zero-order valence-corrected chi connectivity index (χ0v) is 12.8. The highest BCUT2D eigenvalue weighted by molar-refractivity contribution is 7.89. The Bertz CT molecular complexity index is 566. The van der Waals surface area contributed by atoms with Gasteiger partial charge in [-0.15, -0.1) is 0 Å². The van der Waals surface area contributed by atoms with Crippen molar-refractivity contribution in [3.8, 4) is 0 Å². The minimum atomic E-state index is -3.85. The van der Waals surface area contributed by atoms with Crippen molar-refractivity contribution in [2.24, 2.45) is 0 Å². The van der Waals surface area contributed by atoms with Crippen LogP contribution in [0.25, 0.3) is 0 Å². The van der Waals surface area contributed by atoms with Crippen LogP contribution >= 0.6 is 0 Å². The Balaban J connectivity index is 2.13. The quantitative estimate of drug-likeness (QED) is 0.898. The van der Waals surface area contributed by atoms with Crippen molar-refractivity contribution in [3.63, 3.8) is 0 Å². The summed E-state index contributed by atoms with van der Waals surface area (Å²) in [4.78, 5) is -0.346. The third-order valence-electron chi connectivity index (χ3n) is 3.90. The Morgan fingerprint density at radius 3 is 2.33 bits per heavy atom. The van der Waals surface area contributed by atoms with E-state index in [9.17, 15) is 12.8 Å². The molecule has 1 fully saturated rings. The summed E-state index contributed by atoms with van der Waals surface area (Å²) >= 11 is 0. The van der Waals surface area contributed by atoms with Crippen molar-refractivity contribution < 1.29 is 17.9 Å². The average molecular weight is 315 g/mol. The zero-order chi connectivity index (χ0) is 15.3. The molecular weight excluding hydrogens is 293 g/mol. The summed E-state index contributed by atoms with van der Waals surface area (Å²) in [5.74, 6) is -0.820. The standard InChI is InChI=1S/C15H22FNO3S/c16-14-10-12(11-18)8-9-15(14)21(19,20)17-13-6-4-2-1-3-5-7-13/h8-10,13,17-18H,1-7,11H2. The van der Waals surface area contributed by atoms with E-state index in [-0.39, 0.29) is 17.5 Å². The zero-order valence-electron chi connectivity index (χ0n) is 12.0. The van der Waals surface area contributed by atoms with Crippen LogP contribution < -0.4 is 4.72 Å². The SMILES string of the molecule is O=S(=O)(NC1CCCCCCC1)c1ccc(CO)cc1F. The molecular formula is C15H22FNO3S. The summed E-state index contributed by atoms with van der Waals surface area (Å²) < 4.78 is 41.1. The highest BCUT2D eigenvalue weighted by Crippen LogP contribution is 2.21. The molecule has 21 heavy (non-hydrogen) atoms. The largest absolute Gasteiger partial charge is 0.392 e. The summed E-state index contributed by atoms with van der Waals surface area (Å²) in [5, 5.41) is 8.94. The van der Waals surface area contributed by atoms with Gasteiger partial charge in [0.1, 0.15) is 10.7 Å². The van der Waals surface area contributed by atoms with Crippen molar-refractivity contribution in [2.45, 2.75) is 62.5 Å². The van der Waals surface area contributed by atoms with Crippen LogP contribution in [0.4, 0.5) is 4.39 Å². The Morgan fingerprint density at radius 1 is 1.14 bits per heavy atom. The number of rotatable bonds is 4. The van der Waals surface area contributed by atoms with Crippen molar-refractivity contribution >= 4 is 10.0 Å². The molecule has 6 heteroatoms. The first-order valence-electron chi connectivity index (χ1n) is 7.44. The number of aliphatic hydroxyl groups excluding tert-OH is 1. The topological polar surface area (TPSA) is 66.4 Å². The maximum absolute atomic E-state index is 13.9. The van der Waals surface area contributed by atoms with Gasteiger partial charge in [0.05, 0.1) is 6.61 Å². The second-order valence-corrected chi connectivity index (χ2v) is 7.27. The molecule has 0 saturated heterocycles.